The molecule has 0 saturated heterocycles. The summed E-state index contributed by atoms with van der Waals surface area (Å²) in [5.74, 6) is 0.0396. The minimum Gasteiger partial charge on any atom is -0.492 e. The van der Waals surface area contributed by atoms with Crippen LogP contribution in [-0.2, 0) is 11.2 Å². The van der Waals surface area contributed by atoms with Crippen LogP contribution in [0.15, 0.2) is 53.1 Å². The largest absolute Gasteiger partial charge is 0.492 e. The second-order valence-corrected chi connectivity index (χ2v) is 5.06. The van der Waals surface area contributed by atoms with Crippen molar-refractivity contribution in [1.29, 1.82) is 0 Å². The van der Waals surface area contributed by atoms with Gasteiger partial charge in [0.15, 0.2) is 0 Å². The number of nitrogens with one attached hydrogen (secondary N) is 1. The molecule has 1 aromatic heterocycles. The summed E-state index contributed by atoms with van der Waals surface area (Å²) in [6.45, 7) is 2.39. The normalized spacial score (nSPS) is 10.7. The van der Waals surface area contributed by atoms with Crippen molar-refractivity contribution in [3.8, 4) is 5.75 Å². The minimum absolute atomic E-state index is 0.0942. The van der Waals surface area contributed by atoms with Crippen LogP contribution in [0.25, 0.3) is 11.0 Å². The summed E-state index contributed by atoms with van der Waals surface area (Å²) in [7, 11) is 0. The summed E-state index contributed by atoms with van der Waals surface area (Å²) in [6, 6.07) is 11.5. The number of carbonyl (C=O) groups is 1. The van der Waals surface area contributed by atoms with Gasteiger partial charge in [-0.05, 0) is 37.3 Å². The van der Waals surface area contributed by atoms with Crippen LogP contribution in [0, 0.1) is 5.82 Å². The van der Waals surface area contributed by atoms with E-state index < -0.39 is 0 Å². The van der Waals surface area contributed by atoms with E-state index in [1.807, 2.05) is 19.1 Å². The highest BCUT2D eigenvalue weighted by Gasteiger charge is 2.13. The van der Waals surface area contributed by atoms with Gasteiger partial charge in [0.1, 0.15) is 17.1 Å². The van der Waals surface area contributed by atoms with E-state index in [2.05, 4.69) is 5.32 Å². The zero-order valence-electron chi connectivity index (χ0n) is 12.6. The first-order valence-corrected chi connectivity index (χ1v) is 7.34. The maximum atomic E-state index is 13.4. The molecule has 0 bridgehead atoms. The molecule has 0 unspecified atom stereocenters. The second-order valence-electron chi connectivity index (χ2n) is 5.06. The lowest BCUT2D eigenvalue weighted by molar-refractivity contribution is -0.115. The topological polar surface area (TPSA) is 51.5 Å². The maximum absolute atomic E-state index is 13.4. The lowest BCUT2D eigenvalue weighted by Crippen LogP contribution is -2.15. The molecule has 0 aliphatic heterocycles. The Labute approximate surface area is 132 Å². The van der Waals surface area contributed by atoms with Crippen molar-refractivity contribution in [2.24, 2.45) is 0 Å². The molecule has 4 nitrogen and oxygen atoms in total. The van der Waals surface area contributed by atoms with Crippen LogP contribution in [0.2, 0.25) is 0 Å². The number of fused-ring (bicyclic) bond motifs is 1. The molecule has 0 radical (unpaired) electrons. The van der Waals surface area contributed by atoms with Crippen LogP contribution in [-0.4, -0.2) is 12.5 Å². The fourth-order valence-corrected chi connectivity index (χ4v) is 2.41. The third-order valence-electron chi connectivity index (χ3n) is 3.43. The first-order valence-electron chi connectivity index (χ1n) is 7.34. The lowest BCUT2D eigenvalue weighted by Gasteiger charge is -2.10. The molecule has 118 valence electrons. The van der Waals surface area contributed by atoms with Gasteiger partial charge in [0, 0.05) is 10.9 Å². The van der Waals surface area contributed by atoms with Gasteiger partial charge < -0.3 is 14.5 Å². The number of hydrogen-bond donors (Lipinski definition) is 1. The SMILES string of the molecule is CCOc1ccccc1NC(=O)Cc1coc2ccc(F)cc12. The van der Waals surface area contributed by atoms with Gasteiger partial charge in [-0.1, -0.05) is 12.1 Å². The van der Waals surface area contributed by atoms with E-state index in [0.717, 1.165) is 0 Å². The van der Waals surface area contributed by atoms with E-state index in [4.69, 9.17) is 9.15 Å². The summed E-state index contributed by atoms with van der Waals surface area (Å²) in [5.41, 5.74) is 1.81. The van der Waals surface area contributed by atoms with Gasteiger partial charge in [-0.15, -0.1) is 0 Å². The Kier molecular flexibility index (Phi) is 4.28. The zero-order valence-corrected chi connectivity index (χ0v) is 12.6. The molecule has 1 amide bonds. The Morgan fingerprint density at radius 3 is 2.91 bits per heavy atom. The molecule has 3 rings (SSSR count). The smallest absolute Gasteiger partial charge is 0.229 e. The number of carbonyl (C=O) groups excluding carboxylic acids is 1. The molecule has 0 fully saturated rings. The van der Waals surface area contributed by atoms with Crippen molar-refractivity contribution in [2.75, 3.05) is 11.9 Å². The zero-order chi connectivity index (χ0) is 16.2. The molecule has 0 aliphatic rings. The van der Waals surface area contributed by atoms with Gasteiger partial charge in [-0.25, -0.2) is 4.39 Å². The number of para-hydroxylation sites is 2. The molecule has 1 heterocycles. The number of ether oxygens (including phenoxy) is 1. The number of halogens is 1. The molecule has 0 spiro atoms. The predicted octanol–water partition coefficient (Wildman–Crippen LogP) is 4.15. The molecule has 5 heteroatoms. The van der Waals surface area contributed by atoms with Crippen LogP contribution in [0.1, 0.15) is 12.5 Å². The maximum Gasteiger partial charge on any atom is 0.229 e. The number of amides is 1. The third kappa shape index (κ3) is 3.34. The van der Waals surface area contributed by atoms with Crippen molar-refractivity contribution in [3.63, 3.8) is 0 Å². The Hall–Kier alpha value is -2.82. The lowest BCUT2D eigenvalue weighted by atomic mass is 10.1. The summed E-state index contributed by atoms with van der Waals surface area (Å²) >= 11 is 0. The van der Waals surface area contributed by atoms with Gasteiger partial charge in [-0.2, -0.15) is 0 Å². The van der Waals surface area contributed by atoms with Gasteiger partial charge in [0.05, 0.1) is 25.0 Å². The first-order chi connectivity index (χ1) is 11.2. The van der Waals surface area contributed by atoms with Gasteiger partial charge in [-0.3, -0.25) is 4.79 Å². The third-order valence-corrected chi connectivity index (χ3v) is 3.43. The fourth-order valence-electron chi connectivity index (χ4n) is 2.41. The molecule has 2 aromatic carbocycles. The number of hydrogen-bond acceptors (Lipinski definition) is 3. The van der Waals surface area contributed by atoms with E-state index >= 15 is 0 Å². The molecule has 0 saturated carbocycles. The first kappa shape index (κ1) is 15.1. The highest BCUT2D eigenvalue weighted by molar-refractivity contribution is 5.96. The average Bonchev–Trinajstić information content (AvgIpc) is 2.92. The Bertz CT molecular complexity index is 841. The summed E-state index contributed by atoms with van der Waals surface area (Å²) in [6.07, 6.45) is 1.58. The van der Waals surface area contributed by atoms with E-state index in [1.165, 1.54) is 18.4 Å². The Morgan fingerprint density at radius 1 is 1.26 bits per heavy atom. The van der Waals surface area contributed by atoms with Gasteiger partial charge in [0.2, 0.25) is 5.91 Å². The van der Waals surface area contributed by atoms with Crippen molar-refractivity contribution < 1.29 is 18.3 Å². The van der Waals surface area contributed by atoms with E-state index in [0.29, 0.717) is 34.6 Å². The molecular weight excluding hydrogens is 297 g/mol. The summed E-state index contributed by atoms with van der Waals surface area (Å²) in [5, 5.41) is 3.42. The molecule has 0 atom stereocenters. The van der Waals surface area contributed by atoms with Gasteiger partial charge >= 0.3 is 0 Å². The van der Waals surface area contributed by atoms with Crippen molar-refractivity contribution in [3.05, 3.63) is 60.1 Å². The van der Waals surface area contributed by atoms with Crippen LogP contribution in [0.4, 0.5) is 10.1 Å². The average molecular weight is 313 g/mol. The Balaban J connectivity index is 1.78. The Morgan fingerprint density at radius 2 is 2.09 bits per heavy atom. The van der Waals surface area contributed by atoms with E-state index in [1.54, 1.807) is 18.2 Å². The molecule has 23 heavy (non-hydrogen) atoms. The minimum atomic E-state index is -0.359. The molecule has 0 aliphatic carbocycles. The second kappa shape index (κ2) is 6.52. The number of furan rings is 1. The van der Waals surface area contributed by atoms with Crippen LogP contribution >= 0.6 is 0 Å². The van der Waals surface area contributed by atoms with E-state index in [-0.39, 0.29) is 18.1 Å². The van der Waals surface area contributed by atoms with E-state index in [9.17, 15) is 9.18 Å². The van der Waals surface area contributed by atoms with Crippen molar-refractivity contribution in [1.82, 2.24) is 0 Å². The number of benzene rings is 2. The summed E-state index contributed by atoms with van der Waals surface area (Å²) in [4.78, 5) is 12.3. The number of rotatable bonds is 5. The quantitative estimate of drug-likeness (QED) is 0.770. The van der Waals surface area contributed by atoms with Crippen molar-refractivity contribution >= 4 is 22.6 Å². The van der Waals surface area contributed by atoms with Crippen LogP contribution in [0.5, 0.6) is 5.75 Å². The van der Waals surface area contributed by atoms with Crippen molar-refractivity contribution in [2.45, 2.75) is 13.3 Å². The molecular formula is C18H16FNO3. The summed E-state index contributed by atoms with van der Waals surface area (Å²) < 4.78 is 24.2. The van der Waals surface area contributed by atoms with Crippen LogP contribution < -0.4 is 10.1 Å². The monoisotopic (exact) mass is 313 g/mol. The molecule has 1 N–H and O–H groups in total. The van der Waals surface area contributed by atoms with Gasteiger partial charge in [0.25, 0.3) is 0 Å². The standard InChI is InChI=1S/C18H16FNO3/c1-2-22-17-6-4-3-5-15(17)20-18(21)9-12-11-23-16-8-7-13(19)10-14(12)16/h3-8,10-11H,2,9H2,1H3,(H,20,21). The molecule has 3 aromatic rings. The highest BCUT2D eigenvalue weighted by Crippen LogP contribution is 2.25. The predicted molar refractivity (Wildman–Crippen MR) is 86.1 cm³/mol. The van der Waals surface area contributed by atoms with Crippen LogP contribution in [0.3, 0.4) is 0 Å². The number of anilines is 1. The highest BCUT2D eigenvalue weighted by atomic mass is 19.1. The fraction of sp³-hybridized carbons (Fsp3) is 0.167.